The summed E-state index contributed by atoms with van der Waals surface area (Å²) in [6.45, 7) is 3.35. The Balaban J connectivity index is 2.27. The molecule has 2 aliphatic rings. The SMILES string of the molecule is CC1=C(C)C2OC[C@H](C(F)(F)F)N(C(=O)CBr)CC2S1. The molecule has 3 nitrogen and oxygen atoms in total. The molecule has 2 heterocycles. The first kappa shape index (κ1) is 16.2. The zero-order valence-corrected chi connectivity index (χ0v) is 13.4. The van der Waals surface area contributed by atoms with Crippen LogP contribution in [-0.2, 0) is 9.53 Å². The number of alkyl halides is 4. The number of ether oxygens (including phenoxy) is 1. The molecule has 2 unspecified atom stereocenters. The fraction of sp³-hybridized carbons (Fsp3) is 0.750. The van der Waals surface area contributed by atoms with Crippen LogP contribution in [0.25, 0.3) is 0 Å². The molecule has 0 radical (unpaired) electrons. The number of fused-ring (bicyclic) bond motifs is 1. The minimum Gasteiger partial charge on any atom is -0.370 e. The molecule has 3 atom stereocenters. The van der Waals surface area contributed by atoms with Crippen LogP contribution in [0.5, 0.6) is 0 Å². The van der Waals surface area contributed by atoms with Gasteiger partial charge in [-0.05, 0) is 24.3 Å². The molecule has 1 fully saturated rings. The van der Waals surface area contributed by atoms with Crippen molar-refractivity contribution < 1.29 is 22.7 Å². The smallest absolute Gasteiger partial charge is 0.370 e. The number of amides is 1. The van der Waals surface area contributed by atoms with Gasteiger partial charge in [-0.2, -0.15) is 13.2 Å². The largest absolute Gasteiger partial charge is 0.411 e. The van der Waals surface area contributed by atoms with Crippen LogP contribution >= 0.6 is 27.7 Å². The number of hydrogen-bond acceptors (Lipinski definition) is 3. The molecule has 20 heavy (non-hydrogen) atoms. The maximum absolute atomic E-state index is 13.1. The van der Waals surface area contributed by atoms with Gasteiger partial charge in [-0.15, -0.1) is 11.8 Å². The summed E-state index contributed by atoms with van der Waals surface area (Å²) in [5, 5.41) is -0.280. The molecule has 0 aliphatic carbocycles. The highest BCUT2D eigenvalue weighted by atomic mass is 79.9. The van der Waals surface area contributed by atoms with Crippen molar-refractivity contribution in [1.29, 1.82) is 0 Å². The molecule has 0 aromatic rings. The normalized spacial score (nSPS) is 31.3. The van der Waals surface area contributed by atoms with Crippen LogP contribution in [0.2, 0.25) is 0 Å². The van der Waals surface area contributed by atoms with E-state index in [0.717, 1.165) is 15.4 Å². The molecule has 1 saturated heterocycles. The first-order valence-corrected chi connectivity index (χ1v) is 8.13. The van der Waals surface area contributed by atoms with E-state index in [2.05, 4.69) is 15.9 Å². The molecule has 0 saturated carbocycles. The first-order chi connectivity index (χ1) is 9.25. The van der Waals surface area contributed by atoms with Gasteiger partial charge in [0.2, 0.25) is 5.91 Å². The molecule has 0 spiro atoms. The summed E-state index contributed by atoms with van der Waals surface area (Å²) in [6.07, 6.45) is -4.81. The number of halogens is 4. The lowest BCUT2D eigenvalue weighted by molar-refractivity contribution is -0.196. The summed E-state index contributed by atoms with van der Waals surface area (Å²) in [6, 6.07) is -1.87. The average molecular weight is 374 g/mol. The highest BCUT2D eigenvalue weighted by molar-refractivity contribution is 9.09. The van der Waals surface area contributed by atoms with Gasteiger partial charge in [0.25, 0.3) is 0 Å². The predicted octanol–water partition coefficient (Wildman–Crippen LogP) is 2.95. The van der Waals surface area contributed by atoms with Gasteiger partial charge in [0, 0.05) is 6.54 Å². The van der Waals surface area contributed by atoms with E-state index in [9.17, 15) is 18.0 Å². The lowest BCUT2D eigenvalue weighted by Crippen LogP contribution is -2.52. The first-order valence-electron chi connectivity index (χ1n) is 6.13. The fourth-order valence-corrected chi connectivity index (χ4v) is 4.18. The number of hydrogen-bond donors (Lipinski definition) is 0. The molecule has 2 aliphatic heterocycles. The fourth-order valence-electron chi connectivity index (χ4n) is 2.46. The Labute approximate surface area is 128 Å². The van der Waals surface area contributed by atoms with E-state index >= 15 is 0 Å². The number of rotatable bonds is 1. The van der Waals surface area contributed by atoms with Crippen LogP contribution in [-0.4, -0.2) is 52.9 Å². The summed E-state index contributed by atoms with van der Waals surface area (Å²) >= 11 is 4.44. The Bertz CT molecular complexity index is 441. The monoisotopic (exact) mass is 373 g/mol. The van der Waals surface area contributed by atoms with Crippen LogP contribution in [0.15, 0.2) is 10.5 Å². The second-order valence-corrected chi connectivity index (χ2v) is 6.90. The molecular weight excluding hydrogens is 359 g/mol. The van der Waals surface area contributed by atoms with Crippen LogP contribution in [0.1, 0.15) is 13.8 Å². The van der Waals surface area contributed by atoms with Crippen LogP contribution in [0, 0.1) is 0 Å². The number of carbonyl (C=O) groups excluding carboxylic acids is 1. The Hall–Kier alpha value is -0.210. The standard InChI is InChI=1S/C12H15BrF3NO2S/c1-6-7(2)20-8-4-17(10(18)3-13)9(12(14,15)16)5-19-11(6)8/h8-9,11H,3-5H2,1-2H3/t8?,9-,11?/m1/s1. The third kappa shape index (κ3) is 3.01. The van der Waals surface area contributed by atoms with Gasteiger partial charge >= 0.3 is 6.18 Å². The molecule has 114 valence electrons. The van der Waals surface area contributed by atoms with E-state index in [-0.39, 0.29) is 23.2 Å². The molecule has 8 heteroatoms. The molecule has 0 aromatic heterocycles. The summed E-state index contributed by atoms with van der Waals surface area (Å²) in [4.78, 5) is 13.8. The number of allylic oxidation sites excluding steroid dienone is 1. The second-order valence-electron chi connectivity index (χ2n) is 4.89. The predicted molar refractivity (Wildman–Crippen MR) is 74.8 cm³/mol. The van der Waals surface area contributed by atoms with Crippen molar-refractivity contribution in [2.75, 3.05) is 18.5 Å². The molecule has 0 N–H and O–H groups in total. The maximum atomic E-state index is 13.1. The van der Waals surface area contributed by atoms with Gasteiger partial charge in [0.15, 0.2) is 6.04 Å². The van der Waals surface area contributed by atoms with Gasteiger partial charge in [0.05, 0.1) is 23.3 Å². The van der Waals surface area contributed by atoms with Crippen LogP contribution in [0.4, 0.5) is 13.2 Å². The lowest BCUT2D eigenvalue weighted by Gasteiger charge is -2.31. The quantitative estimate of drug-likeness (QED) is 0.661. The highest BCUT2D eigenvalue weighted by Crippen LogP contribution is 2.42. The van der Waals surface area contributed by atoms with Gasteiger partial charge in [0.1, 0.15) is 0 Å². The number of nitrogens with zero attached hydrogens (tertiary/aromatic N) is 1. The Kier molecular flexibility index (Phi) is 4.76. The van der Waals surface area contributed by atoms with Crippen molar-refractivity contribution in [2.24, 2.45) is 0 Å². The molecule has 0 aromatic carbocycles. The number of thioether (sulfide) groups is 1. The molecular formula is C12H15BrF3NO2S. The van der Waals surface area contributed by atoms with Gasteiger partial charge in [-0.25, -0.2) is 0 Å². The molecule has 2 rings (SSSR count). The molecule has 1 amide bonds. The van der Waals surface area contributed by atoms with Crippen molar-refractivity contribution in [1.82, 2.24) is 4.90 Å². The van der Waals surface area contributed by atoms with Crippen molar-refractivity contribution in [3.05, 3.63) is 10.5 Å². The summed E-state index contributed by atoms with van der Waals surface area (Å²) in [5.74, 6) is -0.556. The van der Waals surface area contributed by atoms with Crippen LogP contribution < -0.4 is 0 Å². The molecule has 0 bridgehead atoms. The van der Waals surface area contributed by atoms with E-state index in [1.165, 1.54) is 11.8 Å². The van der Waals surface area contributed by atoms with E-state index in [4.69, 9.17) is 4.74 Å². The van der Waals surface area contributed by atoms with Crippen LogP contribution in [0.3, 0.4) is 0 Å². The van der Waals surface area contributed by atoms with Gasteiger partial charge in [-0.1, -0.05) is 15.9 Å². The van der Waals surface area contributed by atoms with Crippen molar-refractivity contribution in [3.8, 4) is 0 Å². The highest BCUT2D eigenvalue weighted by Gasteiger charge is 2.50. The van der Waals surface area contributed by atoms with Crippen molar-refractivity contribution in [3.63, 3.8) is 0 Å². The van der Waals surface area contributed by atoms with Gasteiger partial charge < -0.3 is 9.64 Å². The van der Waals surface area contributed by atoms with Gasteiger partial charge in [-0.3, -0.25) is 4.79 Å². The van der Waals surface area contributed by atoms with E-state index < -0.39 is 24.7 Å². The lowest BCUT2D eigenvalue weighted by atomic mass is 10.1. The maximum Gasteiger partial charge on any atom is 0.411 e. The summed E-state index contributed by atoms with van der Waals surface area (Å²) in [7, 11) is 0. The number of carbonyl (C=O) groups is 1. The minimum absolute atomic E-state index is 0.0542. The van der Waals surface area contributed by atoms with Crippen molar-refractivity contribution >= 4 is 33.6 Å². The Morgan fingerprint density at radius 2 is 2.15 bits per heavy atom. The second kappa shape index (κ2) is 5.88. The Morgan fingerprint density at radius 3 is 2.70 bits per heavy atom. The topological polar surface area (TPSA) is 29.5 Å². The van der Waals surface area contributed by atoms with E-state index in [1.807, 2.05) is 13.8 Å². The Morgan fingerprint density at radius 1 is 1.50 bits per heavy atom. The summed E-state index contributed by atoms with van der Waals surface area (Å²) in [5.41, 5.74) is 0.967. The van der Waals surface area contributed by atoms with E-state index in [1.54, 1.807) is 0 Å². The van der Waals surface area contributed by atoms with E-state index in [0.29, 0.717) is 0 Å². The summed E-state index contributed by atoms with van der Waals surface area (Å²) < 4.78 is 44.8. The minimum atomic E-state index is -4.48. The average Bonchev–Trinajstić information content (AvgIpc) is 2.54. The third-order valence-corrected chi connectivity index (χ3v) is 5.50. The zero-order chi connectivity index (χ0) is 15.1. The van der Waals surface area contributed by atoms with Crippen molar-refractivity contribution in [2.45, 2.75) is 37.4 Å². The zero-order valence-electron chi connectivity index (χ0n) is 11.0. The third-order valence-electron chi connectivity index (χ3n) is 3.65.